The normalized spacial score (nSPS) is 9.58. The van der Waals surface area contributed by atoms with Gasteiger partial charge in [-0.3, -0.25) is 4.98 Å². The maximum atomic E-state index is 5.78. The highest BCUT2D eigenvalue weighted by Crippen LogP contribution is 2.09. The average Bonchev–Trinajstić information content (AvgIpc) is 2.01. The van der Waals surface area contributed by atoms with Crippen molar-refractivity contribution >= 4 is 11.6 Å². The van der Waals surface area contributed by atoms with E-state index in [1.807, 2.05) is 12.3 Å². The molecule has 0 atom stereocenters. The summed E-state index contributed by atoms with van der Waals surface area (Å²) in [5, 5.41) is 0.703. The van der Waals surface area contributed by atoms with Gasteiger partial charge in [0.05, 0.1) is 5.02 Å². The highest BCUT2D eigenvalue weighted by Gasteiger charge is 1.91. The highest BCUT2D eigenvalue weighted by atomic mass is 35.5. The van der Waals surface area contributed by atoms with Gasteiger partial charge in [-0.25, -0.2) is 0 Å². The maximum Gasteiger partial charge on any atom is 0.0592 e. The zero-order valence-corrected chi connectivity index (χ0v) is 8.10. The van der Waals surface area contributed by atoms with E-state index in [1.165, 1.54) is 5.57 Å². The van der Waals surface area contributed by atoms with E-state index in [-0.39, 0.29) is 0 Å². The first-order valence-electron chi connectivity index (χ1n) is 3.91. The fourth-order valence-corrected chi connectivity index (χ4v) is 1.09. The number of rotatable bonds is 2. The Morgan fingerprint density at radius 3 is 2.83 bits per heavy atom. The molecule has 0 unspecified atom stereocenters. The van der Waals surface area contributed by atoms with Crippen molar-refractivity contribution in [1.82, 2.24) is 4.98 Å². The van der Waals surface area contributed by atoms with Crippen LogP contribution in [0.2, 0.25) is 5.02 Å². The molecule has 0 N–H and O–H groups in total. The van der Waals surface area contributed by atoms with Gasteiger partial charge in [-0.05, 0) is 31.9 Å². The second-order valence-electron chi connectivity index (χ2n) is 3.00. The van der Waals surface area contributed by atoms with Crippen molar-refractivity contribution in [3.05, 3.63) is 40.7 Å². The Morgan fingerprint density at radius 2 is 2.25 bits per heavy atom. The SMILES string of the molecule is CC(C)=CCc1cncc(Cl)c1. The van der Waals surface area contributed by atoms with E-state index in [2.05, 4.69) is 24.9 Å². The van der Waals surface area contributed by atoms with Gasteiger partial charge in [-0.2, -0.15) is 0 Å². The lowest BCUT2D eigenvalue weighted by atomic mass is 10.2. The van der Waals surface area contributed by atoms with Crippen molar-refractivity contribution in [1.29, 1.82) is 0 Å². The van der Waals surface area contributed by atoms with Gasteiger partial charge >= 0.3 is 0 Å². The van der Waals surface area contributed by atoms with Gasteiger partial charge in [-0.1, -0.05) is 23.3 Å². The van der Waals surface area contributed by atoms with Crippen LogP contribution in [-0.2, 0) is 6.42 Å². The van der Waals surface area contributed by atoms with Crippen LogP contribution in [0.25, 0.3) is 0 Å². The van der Waals surface area contributed by atoms with Gasteiger partial charge in [-0.15, -0.1) is 0 Å². The van der Waals surface area contributed by atoms with Crippen LogP contribution in [-0.4, -0.2) is 4.98 Å². The smallest absolute Gasteiger partial charge is 0.0592 e. The van der Waals surface area contributed by atoms with Crippen LogP contribution >= 0.6 is 11.6 Å². The first-order chi connectivity index (χ1) is 5.68. The third-order valence-electron chi connectivity index (χ3n) is 1.51. The van der Waals surface area contributed by atoms with Crippen molar-refractivity contribution < 1.29 is 0 Å². The molecule has 2 heteroatoms. The monoisotopic (exact) mass is 181 g/mol. The number of aromatic nitrogens is 1. The van der Waals surface area contributed by atoms with Crippen molar-refractivity contribution in [3.8, 4) is 0 Å². The third kappa shape index (κ3) is 3.05. The molecule has 0 aliphatic rings. The lowest BCUT2D eigenvalue weighted by Gasteiger charge is -1.96. The second kappa shape index (κ2) is 4.27. The van der Waals surface area contributed by atoms with Crippen molar-refractivity contribution in [2.75, 3.05) is 0 Å². The van der Waals surface area contributed by atoms with Crippen molar-refractivity contribution in [3.63, 3.8) is 0 Å². The molecular formula is C10H12ClN. The number of hydrogen-bond acceptors (Lipinski definition) is 1. The Morgan fingerprint density at radius 1 is 1.50 bits per heavy atom. The van der Waals surface area contributed by atoms with Gasteiger partial charge < -0.3 is 0 Å². The molecule has 1 nitrogen and oxygen atoms in total. The summed E-state index contributed by atoms with van der Waals surface area (Å²) in [6, 6.07) is 1.94. The second-order valence-corrected chi connectivity index (χ2v) is 3.43. The van der Waals surface area contributed by atoms with Crippen LogP contribution in [0.5, 0.6) is 0 Å². The first-order valence-corrected chi connectivity index (χ1v) is 4.29. The summed E-state index contributed by atoms with van der Waals surface area (Å²) in [5.41, 5.74) is 2.47. The summed E-state index contributed by atoms with van der Waals surface area (Å²) < 4.78 is 0. The molecule has 0 radical (unpaired) electrons. The van der Waals surface area contributed by atoms with E-state index in [0.717, 1.165) is 12.0 Å². The minimum absolute atomic E-state index is 0.703. The van der Waals surface area contributed by atoms with E-state index < -0.39 is 0 Å². The molecule has 12 heavy (non-hydrogen) atoms. The van der Waals surface area contributed by atoms with E-state index in [0.29, 0.717) is 5.02 Å². The van der Waals surface area contributed by atoms with Crippen LogP contribution in [0.3, 0.4) is 0 Å². The lowest BCUT2D eigenvalue weighted by molar-refractivity contribution is 1.16. The van der Waals surface area contributed by atoms with E-state index in [9.17, 15) is 0 Å². The van der Waals surface area contributed by atoms with Crippen molar-refractivity contribution in [2.24, 2.45) is 0 Å². The molecule has 1 aromatic rings. The Balaban J connectivity index is 2.70. The van der Waals surface area contributed by atoms with Gasteiger partial charge in [0.25, 0.3) is 0 Å². The summed E-state index contributed by atoms with van der Waals surface area (Å²) in [5.74, 6) is 0. The van der Waals surface area contributed by atoms with Crippen LogP contribution in [0, 0.1) is 0 Å². The molecule has 1 aromatic heterocycles. The zero-order valence-electron chi connectivity index (χ0n) is 7.34. The molecule has 0 saturated carbocycles. The molecule has 1 heterocycles. The van der Waals surface area contributed by atoms with E-state index >= 15 is 0 Å². The maximum absolute atomic E-state index is 5.78. The summed E-state index contributed by atoms with van der Waals surface area (Å²) in [7, 11) is 0. The Hall–Kier alpha value is -0.820. The average molecular weight is 182 g/mol. The summed E-state index contributed by atoms with van der Waals surface area (Å²) in [6.07, 6.45) is 6.56. The Labute approximate surface area is 78.1 Å². The summed E-state index contributed by atoms with van der Waals surface area (Å²) in [6.45, 7) is 4.16. The van der Waals surface area contributed by atoms with E-state index in [1.54, 1.807) is 6.20 Å². The molecule has 1 rings (SSSR count). The van der Waals surface area contributed by atoms with Gasteiger partial charge in [0.1, 0.15) is 0 Å². The molecule has 0 fully saturated rings. The highest BCUT2D eigenvalue weighted by molar-refractivity contribution is 6.30. The lowest BCUT2D eigenvalue weighted by Crippen LogP contribution is -1.83. The third-order valence-corrected chi connectivity index (χ3v) is 1.71. The van der Waals surface area contributed by atoms with Gasteiger partial charge in [0.15, 0.2) is 0 Å². The Bertz CT molecular complexity index is 288. The molecule has 0 spiro atoms. The van der Waals surface area contributed by atoms with Crippen molar-refractivity contribution in [2.45, 2.75) is 20.3 Å². The van der Waals surface area contributed by atoms with Gasteiger partial charge in [0.2, 0.25) is 0 Å². The molecule has 0 aliphatic carbocycles. The molecule has 0 amide bonds. The molecule has 0 bridgehead atoms. The largest absolute Gasteiger partial charge is 0.263 e. The molecule has 0 aromatic carbocycles. The van der Waals surface area contributed by atoms with Crippen LogP contribution < -0.4 is 0 Å². The standard InChI is InChI=1S/C10H12ClN/c1-8(2)3-4-9-5-10(11)7-12-6-9/h3,5-7H,4H2,1-2H3. The summed E-state index contributed by atoms with van der Waals surface area (Å²) in [4.78, 5) is 4.00. The number of allylic oxidation sites excluding steroid dienone is 2. The fourth-order valence-electron chi connectivity index (χ4n) is 0.889. The number of pyridine rings is 1. The molecule has 0 saturated heterocycles. The number of halogens is 1. The minimum Gasteiger partial charge on any atom is -0.263 e. The number of nitrogens with zero attached hydrogens (tertiary/aromatic N) is 1. The zero-order chi connectivity index (χ0) is 8.97. The minimum atomic E-state index is 0.703. The van der Waals surface area contributed by atoms with Gasteiger partial charge in [0, 0.05) is 12.4 Å². The summed E-state index contributed by atoms with van der Waals surface area (Å²) >= 11 is 5.78. The predicted molar refractivity (Wildman–Crippen MR) is 52.4 cm³/mol. The van der Waals surface area contributed by atoms with Crippen LogP contribution in [0.15, 0.2) is 30.1 Å². The van der Waals surface area contributed by atoms with E-state index in [4.69, 9.17) is 11.6 Å². The number of hydrogen-bond donors (Lipinski definition) is 0. The first kappa shape index (κ1) is 9.27. The fraction of sp³-hybridized carbons (Fsp3) is 0.300. The molecule has 64 valence electrons. The Kier molecular flexibility index (Phi) is 3.30. The molecule has 0 aliphatic heterocycles. The van der Waals surface area contributed by atoms with Crippen LogP contribution in [0.1, 0.15) is 19.4 Å². The van der Waals surface area contributed by atoms with Crippen LogP contribution in [0.4, 0.5) is 0 Å². The predicted octanol–water partition coefficient (Wildman–Crippen LogP) is 3.24. The quantitative estimate of drug-likeness (QED) is 0.639. The molecular weight excluding hydrogens is 170 g/mol. The topological polar surface area (TPSA) is 12.9 Å².